The van der Waals surface area contributed by atoms with Crippen LogP contribution in [0.25, 0.3) is 0 Å². The van der Waals surface area contributed by atoms with E-state index in [2.05, 4.69) is 20.3 Å². The molecule has 1 aromatic carbocycles. The third kappa shape index (κ3) is 5.44. The van der Waals surface area contributed by atoms with Crippen molar-refractivity contribution in [3.8, 4) is 5.75 Å². The number of hydrogen-bond acceptors (Lipinski definition) is 3. The van der Waals surface area contributed by atoms with Gasteiger partial charge in [0.25, 0.3) is 0 Å². The van der Waals surface area contributed by atoms with Crippen LogP contribution in [0, 0.1) is 5.92 Å². The van der Waals surface area contributed by atoms with Crippen LogP contribution in [0.4, 0.5) is 23.7 Å². The molecule has 8 heteroatoms. The summed E-state index contributed by atoms with van der Waals surface area (Å²) < 4.78 is 39.8. The Labute approximate surface area is 126 Å². The van der Waals surface area contributed by atoms with Crippen LogP contribution >= 0.6 is 0 Å². The topological polar surface area (TPSA) is 53.6 Å². The Morgan fingerprint density at radius 1 is 1.36 bits per heavy atom. The summed E-state index contributed by atoms with van der Waals surface area (Å²) in [5, 5.41) is 5.33. The van der Waals surface area contributed by atoms with Gasteiger partial charge in [-0.15, -0.1) is 13.2 Å². The minimum Gasteiger partial charge on any atom is -0.406 e. The van der Waals surface area contributed by atoms with Crippen LogP contribution in [0.15, 0.2) is 24.3 Å². The number of alkyl halides is 3. The molecule has 1 heterocycles. The number of amides is 2. The average molecular weight is 317 g/mol. The first-order valence-corrected chi connectivity index (χ1v) is 6.91. The minimum atomic E-state index is -4.72. The second-order valence-corrected chi connectivity index (χ2v) is 5.32. The van der Waals surface area contributed by atoms with Gasteiger partial charge in [0.05, 0.1) is 0 Å². The Hall–Kier alpha value is -1.96. The van der Waals surface area contributed by atoms with Crippen molar-refractivity contribution in [2.75, 3.05) is 32.0 Å². The zero-order valence-electron chi connectivity index (χ0n) is 12.1. The zero-order chi connectivity index (χ0) is 16.2. The maximum Gasteiger partial charge on any atom is 0.573 e. The van der Waals surface area contributed by atoms with E-state index in [4.69, 9.17) is 0 Å². The fourth-order valence-corrected chi connectivity index (χ4v) is 2.35. The van der Waals surface area contributed by atoms with Gasteiger partial charge in [0.15, 0.2) is 0 Å². The first-order chi connectivity index (χ1) is 10.3. The van der Waals surface area contributed by atoms with E-state index in [0.717, 1.165) is 31.6 Å². The summed E-state index contributed by atoms with van der Waals surface area (Å²) in [7, 11) is 2.03. The van der Waals surface area contributed by atoms with Crippen molar-refractivity contribution in [3.05, 3.63) is 24.3 Å². The van der Waals surface area contributed by atoms with E-state index in [-0.39, 0.29) is 11.8 Å². The first-order valence-electron chi connectivity index (χ1n) is 6.91. The first kappa shape index (κ1) is 16.4. The molecule has 0 aliphatic carbocycles. The van der Waals surface area contributed by atoms with Gasteiger partial charge in [0.1, 0.15) is 5.75 Å². The van der Waals surface area contributed by atoms with E-state index < -0.39 is 6.36 Å². The maximum atomic E-state index is 12.0. The number of benzene rings is 1. The van der Waals surface area contributed by atoms with Crippen molar-refractivity contribution < 1.29 is 22.7 Å². The average Bonchev–Trinajstić information content (AvgIpc) is 2.83. The van der Waals surface area contributed by atoms with E-state index in [1.165, 1.54) is 12.1 Å². The molecular formula is C14H18F3N3O2. The third-order valence-corrected chi connectivity index (χ3v) is 3.39. The van der Waals surface area contributed by atoms with Gasteiger partial charge in [0.2, 0.25) is 0 Å². The van der Waals surface area contributed by atoms with Crippen LogP contribution in [0.1, 0.15) is 6.42 Å². The number of halogens is 3. The lowest BCUT2D eigenvalue weighted by molar-refractivity contribution is -0.274. The molecule has 1 aliphatic heterocycles. The van der Waals surface area contributed by atoms with E-state index in [9.17, 15) is 18.0 Å². The lowest BCUT2D eigenvalue weighted by Gasteiger charge is -2.13. The molecule has 1 fully saturated rings. The number of nitrogens with one attached hydrogen (secondary N) is 2. The van der Waals surface area contributed by atoms with Gasteiger partial charge >= 0.3 is 12.4 Å². The molecule has 5 nitrogen and oxygen atoms in total. The Bertz CT molecular complexity index is 505. The molecule has 22 heavy (non-hydrogen) atoms. The SMILES string of the molecule is CN1CC[C@@H](CNC(=O)Nc2ccc(OC(F)(F)F)cc2)C1. The second-order valence-electron chi connectivity index (χ2n) is 5.32. The highest BCUT2D eigenvalue weighted by Crippen LogP contribution is 2.23. The predicted octanol–water partition coefficient (Wildman–Crippen LogP) is 2.66. The van der Waals surface area contributed by atoms with E-state index >= 15 is 0 Å². The second kappa shape index (κ2) is 6.87. The molecule has 2 amide bonds. The standard InChI is InChI=1S/C14H18F3N3O2/c1-20-7-6-10(9-20)8-18-13(21)19-11-2-4-12(5-3-11)22-14(15,16)17/h2-5,10H,6-9H2,1H3,(H2,18,19,21)/t10-/m0/s1. The van der Waals surface area contributed by atoms with Crippen LogP contribution in [-0.4, -0.2) is 44.0 Å². The smallest absolute Gasteiger partial charge is 0.406 e. The number of carbonyl (C=O) groups excluding carboxylic acids is 1. The van der Waals surface area contributed by atoms with Gasteiger partial charge in [-0.2, -0.15) is 0 Å². The molecule has 122 valence electrons. The highest BCUT2D eigenvalue weighted by atomic mass is 19.4. The highest BCUT2D eigenvalue weighted by Gasteiger charge is 2.31. The molecule has 0 unspecified atom stereocenters. The fourth-order valence-electron chi connectivity index (χ4n) is 2.35. The monoisotopic (exact) mass is 317 g/mol. The predicted molar refractivity (Wildman–Crippen MR) is 75.8 cm³/mol. The van der Waals surface area contributed by atoms with Crippen LogP contribution in [0.5, 0.6) is 5.75 Å². The van der Waals surface area contributed by atoms with Gasteiger partial charge in [-0.25, -0.2) is 4.79 Å². The lowest BCUT2D eigenvalue weighted by atomic mass is 10.1. The van der Waals surface area contributed by atoms with Crippen molar-refractivity contribution in [2.24, 2.45) is 5.92 Å². The molecule has 0 saturated carbocycles. The van der Waals surface area contributed by atoms with Crippen LogP contribution < -0.4 is 15.4 Å². The van der Waals surface area contributed by atoms with E-state index in [1.807, 2.05) is 7.05 Å². The van der Waals surface area contributed by atoms with Crippen LogP contribution in [0.2, 0.25) is 0 Å². The Kier molecular flexibility index (Phi) is 5.12. The lowest BCUT2D eigenvalue weighted by Crippen LogP contribution is -2.33. The van der Waals surface area contributed by atoms with E-state index in [0.29, 0.717) is 18.2 Å². The summed E-state index contributed by atoms with van der Waals surface area (Å²) in [6, 6.07) is 4.62. The van der Waals surface area contributed by atoms with Crippen molar-refractivity contribution >= 4 is 11.7 Å². The molecule has 0 bridgehead atoms. The van der Waals surface area contributed by atoms with Crippen molar-refractivity contribution in [3.63, 3.8) is 0 Å². The van der Waals surface area contributed by atoms with Gasteiger partial charge < -0.3 is 20.3 Å². The molecule has 1 aliphatic rings. The normalized spacial score (nSPS) is 19.0. The number of carbonyl (C=O) groups is 1. The largest absolute Gasteiger partial charge is 0.573 e. The molecule has 2 N–H and O–H groups in total. The van der Waals surface area contributed by atoms with Crippen LogP contribution in [0.3, 0.4) is 0 Å². The Morgan fingerprint density at radius 2 is 2.05 bits per heavy atom. The summed E-state index contributed by atoms with van der Waals surface area (Å²) in [5.41, 5.74) is 0.399. The van der Waals surface area contributed by atoms with E-state index in [1.54, 1.807) is 0 Å². The summed E-state index contributed by atoms with van der Waals surface area (Å²) in [4.78, 5) is 13.9. The summed E-state index contributed by atoms with van der Waals surface area (Å²) in [6.45, 7) is 2.55. The van der Waals surface area contributed by atoms with Gasteiger partial charge in [-0.1, -0.05) is 0 Å². The zero-order valence-corrected chi connectivity index (χ0v) is 12.1. The molecule has 1 saturated heterocycles. The highest BCUT2D eigenvalue weighted by molar-refractivity contribution is 5.89. The number of rotatable bonds is 4. The van der Waals surface area contributed by atoms with Crippen molar-refractivity contribution in [1.82, 2.24) is 10.2 Å². The third-order valence-electron chi connectivity index (χ3n) is 3.39. The Morgan fingerprint density at radius 3 is 2.59 bits per heavy atom. The molecule has 1 aromatic rings. The van der Waals surface area contributed by atoms with Gasteiger partial charge in [-0.3, -0.25) is 0 Å². The number of urea groups is 1. The fraction of sp³-hybridized carbons (Fsp3) is 0.500. The molecule has 0 spiro atoms. The molecule has 0 radical (unpaired) electrons. The Balaban J connectivity index is 1.76. The summed E-state index contributed by atoms with van der Waals surface area (Å²) in [6.07, 6.45) is -3.68. The number of likely N-dealkylation sites (tertiary alicyclic amines) is 1. The van der Waals surface area contributed by atoms with Crippen molar-refractivity contribution in [1.29, 1.82) is 0 Å². The number of hydrogen-bond donors (Lipinski definition) is 2. The molecule has 2 rings (SSSR count). The van der Waals surface area contributed by atoms with Crippen molar-refractivity contribution in [2.45, 2.75) is 12.8 Å². The molecular weight excluding hydrogens is 299 g/mol. The quantitative estimate of drug-likeness (QED) is 0.898. The van der Waals surface area contributed by atoms with Gasteiger partial charge in [-0.05, 0) is 50.2 Å². The summed E-state index contributed by atoms with van der Waals surface area (Å²) in [5.74, 6) is 0.103. The number of anilines is 1. The van der Waals surface area contributed by atoms with Gasteiger partial charge in [0, 0.05) is 18.8 Å². The molecule has 1 atom stereocenters. The van der Waals surface area contributed by atoms with Crippen LogP contribution in [-0.2, 0) is 0 Å². The number of nitrogens with zero attached hydrogens (tertiary/aromatic N) is 1. The number of ether oxygens (including phenoxy) is 1. The molecule has 0 aromatic heterocycles. The minimum absolute atomic E-state index is 0.326. The maximum absolute atomic E-state index is 12.0. The summed E-state index contributed by atoms with van der Waals surface area (Å²) >= 11 is 0.